The van der Waals surface area contributed by atoms with Crippen LogP contribution < -0.4 is 5.32 Å². The summed E-state index contributed by atoms with van der Waals surface area (Å²) in [4.78, 5) is 14.3. The summed E-state index contributed by atoms with van der Waals surface area (Å²) in [6.07, 6.45) is 6.01. The molecule has 1 saturated heterocycles. The van der Waals surface area contributed by atoms with Gasteiger partial charge in [0.25, 0.3) is 0 Å². The molecule has 1 aliphatic carbocycles. The van der Waals surface area contributed by atoms with Gasteiger partial charge in [-0.25, -0.2) is 0 Å². The summed E-state index contributed by atoms with van der Waals surface area (Å²) in [5.74, 6) is 0.911. The van der Waals surface area contributed by atoms with E-state index in [4.69, 9.17) is 0 Å². The maximum Gasteiger partial charge on any atom is 0.240 e. The second kappa shape index (κ2) is 4.81. The fourth-order valence-electron chi connectivity index (χ4n) is 2.56. The highest BCUT2D eigenvalue weighted by Crippen LogP contribution is 2.48. The summed E-state index contributed by atoms with van der Waals surface area (Å²) >= 11 is 1.93. The molecule has 4 heteroatoms. The van der Waals surface area contributed by atoms with Gasteiger partial charge in [0, 0.05) is 11.3 Å². The molecule has 1 saturated carbocycles. The van der Waals surface area contributed by atoms with Crippen molar-refractivity contribution in [1.82, 2.24) is 10.2 Å². The van der Waals surface area contributed by atoms with Gasteiger partial charge in [-0.05, 0) is 38.4 Å². The Labute approximate surface area is 109 Å². The minimum Gasteiger partial charge on any atom is -0.324 e. The third-order valence-corrected chi connectivity index (χ3v) is 5.27. The first-order valence-electron chi connectivity index (χ1n) is 6.59. The van der Waals surface area contributed by atoms with Crippen LogP contribution in [-0.2, 0) is 4.79 Å². The third kappa shape index (κ3) is 2.79. The Bertz CT molecular complexity index is 302. The second-order valence-corrected chi connectivity index (χ2v) is 7.16. The first-order valence-corrected chi connectivity index (χ1v) is 7.81. The molecule has 0 radical (unpaired) electrons. The maximum atomic E-state index is 12.2. The van der Waals surface area contributed by atoms with Gasteiger partial charge in [0.15, 0.2) is 0 Å². The number of hydrogen-bond donors (Lipinski definition) is 1. The van der Waals surface area contributed by atoms with Gasteiger partial charge in [-0.3, -0.25) is 10.1 Å². The van der Waals surface area contributed by atoms with E-state index in [1.807, 2.05) is 18.7 Å². The summed E-state index contributed by atoms with van der Waals surface area (Å²) < 4.78 is 0.372. The van der Waals surface area contributed by atoms with Gasteiger partial charge >= 0.3 is 0 Å². The van der Waals surface area contributed by atoms with Crippen molar-refractivity contribution in [3.05, 3.63) is 0 Å². The van der Waals surface area contributed by atoms with Gasteiger partial charge in [-0.1, -0.05) is 13.8 Å². The highest BCUT2D eigenvalue weighted by molar-refractivity contribution is 8.00. The molecule has 0 bridgehead atoms. The van der Waals surface area contributed by atoms with Crippen LogP contribution in [0.5, 0.6) is 0 Å². The van der Waals surface area contributed by atoms with E-state index in [-0.39, 0.29) is 18.1 Å². The largest absolute Gasteiger partial charge is 0.324 e. The minimum atomic E-state index is -0.00333. The SMILES string of the molecule is CSC1(CN2C(=O)C(C)NC2CC(C)C)CC1. The monoisotopic (exact) mass is 256 g/mol. The topological polar surface area (TPSA) is 32.3 Å². The molecule has 0 aromatic rings. The van der Waals surface area contributed by atoms with Crippen LogP contribution in [0, 0.1) is 5.92 Å². The third-order valence-electron chi connectivity index (χ3n) is 3.87. The predicted molar refractivity (Wildman–Crippen MR) is 73.0 cm³/mol. The van der Waals surface area contributed by atoms with Crippen molar-refractivity contribution in [1.29, 1.82) is 0 Å². The average molecular weight is 256 g/mol. The molecular formula is C13H24N2OS. The van der Waals surface area contributed by atoms with Crippen molar-refractivity contribution in [2.45, 2.75) is 57.0 Å². The zero-order valence-corrected chi connectivity index (χ0v) is 12.1. The molecule has 0 aromatic carbocycles. The molecule has 2 fully saturated rings. The van der Waals surface area contributed by atoms with Gasteiger partial charge in [0.05, 0.1) is 12.2 Å². The zero-order chi connectivity index (χ0) is 12.6. The Balaban J connectivity index is 2.02. The predicted octanol–water partition coefficient (Wildman–Crippen LogP) is 2.07. The molecule has 1 amide bonds. The molecule has 17 heavy (non-hydrogen) atoms. The second-order valence-electron chi connectivity index (χ2n) is 5.89. The van der Waals surface area contributed by atoms with E-state index in [0.29, 0.717) is 10.7 Å². The molecule has 2 atom stereocenters. The maximum absolute atomic E-state index is 12.2. The number of nitrogens with zero attached hydrogens (tertiary/aromatic N) is 1. The standard InChI is InChI=1S/C13H24N2OS/c1-9(2)7-11-14-10(3)12(16)15(11)8-13(17-4)5-6-13/h9-11,14H,5-8H2,1-4H3. The minimum absolute atomic E-state index is 0.00333. The number of carbonyl (C=O) groups excluding carboxylic acids is 1. The number of nitrogens with one attached hydrogen (secondary N) is 1. The van der Waals surface area contributed by atoms with E-state index in [2.05, 4.69) is 30.3 Å². The first kappa shape index (κ1) is 13.2. The van der Waals surface area contributed by atoms with E-state index >= 15 is 0 Å². The fraction of sp³-hybridized carbons (Fsp3) is 0.923. The normalized spacial score (nSPS) is 31.4. The molecule has 98 valence electrons. The lowest BCUT2D eigenvalue weighted by Crippen LogP contribution is -2.42. The molecule has 3 nitrogen and oxygen atoms in total. The Kier molecular flexibility index (Phi) is 3.74. The number of hydrogen-bond acceptors (Lipinski definition) is 3. The van der Waals surface area contributed by atoms with Crippen LogP contribution in [0.4, 0.5) is 0 Å². The summed E-state index contributed by atoms with van der Waals surface area (Å²) in [7, 11) is 0. The Morgan fingerprint density at radius 1 is 1.53 bits per heavy atom. The Hall–Kier alpha value is -0.220. The molecule has 2 aliphatic rings. The molecule has 0 spiro atoms. The highest BCUT2D eigenvalue weighted by Gasteiger charge is 2.48. The molecule has 1 N–H and O–H groups in total. The van der Waals surface area contributed by atoms with Gasteiger partial charge in [0.1, 0.15) is 0 Å². The lowest BCUT2D eigenvalue weighted by atomic mass is 10.1. The Morgan fingerprint density at radius 2 is 2.18 bits per heavy atom. The molecule has 0 aromatic heterocycles. The summed E-state index contributed by atoms with van der Waals surface area (Å²) in [5, 5.41) is 3.43. The van der Waals surface area contributed by atoms with E-state index in [0.717, 1.165) is 13.0 Å². The van der Waals surface area contributed by atoms with E-state index in [9.17, 15) is 4.79 Å². The summed E-state index contributed by atoms with van der Waals surface area (Å²) in [5.41, 5.74) is 0. The molecule has 1 heterocycles. The smallest absolute Gasteiger partial charge is 0.240 e. The molecule has 2 unspecified atom stereocenters. The lowest BCUT2D eigenvalue weighted by molar-refractivity contribution is -0.130. The molecule has 2 rings (SSSR count). The van der Waals surface area contributed by atoms with Crippen molar-refractivity contribution < 1.29 is 4.79 Å². The van der Waals surface area contributed by atoms with Crippen molar-refractivity contribution >= 4 is 17.7 Å². The van der Waals surface area contributed by atoms with Crippen molar-refractivity contribution in [3.63, 3.8) is 0 Å². The number of carbonyl (C=O) groups is 1. The highest BCUT2D eigenvalue weighted by atomic mass is 32.2. The summed E-state index contributed by atoms with van der Waals surface area (Å²) in [6.45, 7) is 7.35. The molecular weight excluding hydrogens is 232 g/mol. The Morgan fingerprint density at radius 3 is 2.65 bits per heavy atom. The average Bonchev–Trinajstić information content (AvgIpc) is 2.99. The van der Waals surface area contributed by atoms with Gasteiger partial charge in [0.2, 0.25) is 5.91 Å². The van der Waals surface area contributed by atoms with Crippen LogP contribution in [0.25, 0.3) is 0 Å². The fourth-order valence-corrected chi connectivity index (χ4v) is 3.34. The van der Waals surface area contributed by atoms with E-state index in [1.165, 1.54) is 12.8 Å². The summed E-state index contributed by atoms with van der Waals surface area (Å²) in [6, 6.07) is -0.00333. The number of amides is 1. The van der Waals surface area contributed by atoms with Crippen LogP contribution in [0.15, 0.2) is 0 Å². The van der Waals surface area contributed by atoms with Crippen LogP contribution in [0.1, 0.15) is 40.0 Å². The number of thioether (sulfide) groups is 1. The first-order chi connectivity index (χ1) is 7.97. The van der Waals surface area contributed by atoms with Crippen LogP contribution in [0.3, 0.4) is 0 Å². The van der Waals surface area contributed by atoms with Crippen LogP contribution in [0.2, 0.25) is 0 Å². The zero-order valence-electron chi connectivity index (χ0n) is 11.3. The van der Waals surface area contributed by atoms with Crippen molar-refractivity contribution in [2.75, 3.05) is 12.8 Å². The quantitative estimate of drug-likeness (QED) is 0.817. The van der Waals surface area contributed by atoms with Crippen LogP contribution in [-0.4, -0.2) is 40.6 Å². The van der Waals surface area contributed by atoms with E-state index in [1.54, 1.807) is 0 Å². The van der Waals surface area contributed by atoms with Gasteiger partial charge in [-0.15, -0.1) is 0 Å². The van der Waals surface area contributed by atoms with Crippen molar-refractivity contribution in [2.24, 2.45) is 5.92 Å². The van der Waals surface area contributed by atoms with E-state index < -0.39 is 0 Å². The lowest BCUT2D eigenvalue weighted by Gasteiger charge is -2.29. The van der Waals surface area contributed by atoms with Crippen LogP contribution >= 0.6 is 11.8 Å². The molecule has 1 aliphatic heterocycles. The number of rotatable bonds is 5. The van der Waals surface area contributed by atoms with Gasteiger partial charge in [-0.2, -0.15) is 11.8 Å². The van der Waals surface area contributed by atoms with Gasteiger partial charge < -0.3 is 4.90 Å². The van der Waals surface area contributed by atoms with Crippen molar-refractivity contribution in [3.8, 4) is 0 Å².